The van der Waals surface area contributed by atoms with Gasteiger partial charge in [0, 0.05) is 12.2 Å². The zero-order valence-electron chi connectivity index (χ0n) is 19.3. The van der Waals surface area contributed by atoms with E-state index in [2.05, 4.69) is 15.6 Å². The van der Waals surface area contributed by atoms with Crippen molar-refractivity contribution in [2.75, 3.05) is 11.9 Å². The molecule has 1 aliphatic heterocycles. The number of ether oxygens (including phenoxy) is 1. The Bertz CT molecular complexity index is 1320. The van der Waals surface area contributed by atoms with Gasteiger partial charge in [-0.1, -0.05) is 24.3 Å². The lowest BCUT2D eigenvalue weighted by molar-refractivity contribution is -0.123. The summed E-state index contributed by atoms with van der Waals surface area (Å²) >= 11 is 0. The maximum atomic E-state index is 12.6. The summed E-state index contributed by atoms with van der Waals surface area (Å²) < 4.78 is 5.63. The van der Waals surface area contributed by atoms with Crippen molar-refractivity contribution >= 4 is 23.4 Å². The molecule has 0 bridgehead atoms. The maximum absolute atomic E-state index is 12.6. The Morgan fingerprint density at radius 1 is 0.917 bits per heavy atom. The monoisotopic (exact) mass is 491 g/mol. The lowest BCUT2D eigenvalue weighted by Gasteiger charge is -2.13. The van der Waals surface area contributed by atoms with Crippen LogP contribution in [0.25, 0.3) is 0 Å². The summed E-state index contributed by atoms with van der Waals surface area (Å²) in [4.78, 5) is 29.3. The molecule has 3 aromatic rings. The molecular formula is C26H25N3O7. The first kappa shape index (κ1) is 24.4. The van der Waals surface area contributed by atoms with E-state index in [1.807, 2.05) is 0 Å². The third-order valence-corrected chi connectivity index (χ3v) is 5.70. The highest BCUT2D eigenvalue weighted by atomic mass is 16.5. The van der Waals surface area contributed by atoms with Gasteiger partial charge in [0.1, 0.15) is 6.10 Å². The lowest BCUT2D eigenvalue weighted by Crippen LogP contribution is -2.39. The normalized spacial score (nSPS) is 16.6. The fourth-order valence-corrected chi connectivity index (χ4v) is 3.71. The number of phenolic OH excluding ortho intramolecular Hbond substituents is 4. The lowest BCUT2D eigenvalue weighted by atomic mass is 10.1. The Hall–Kier alpha value is -4.73. The Morgan fingerprint density at radius 2 is 1.58 bits per heavy atom. The Labute approximate surface area is 206 Å². The van der Waals surface area contributed by atoms with Gasteiger partial charge < -0.3 is 35.8 Å². The van der Waals surface area contributed by atoms with Crippen molar-refractivity contribution in [1.29, 1.82) is 0 Å². The number of amides is 2. The number of nitrogens with zero attached hydrogens (tertiary/aromatic N) is 1. The molecule has 0 radical (unpaired) electrons. The third kappa shape index (κ3) is 5.17. The highest BCUT2D eigenvalue weighted by Crippen LogP contribution is 2.31. The van der Waals surface area contributed by atoms with Crippen LogP contribution in [0.5, 0.6) is 23.0 Å². The zero-order valence-corrected chi connectivity index (χ0v) is 19.3. The minimum atomic E-state index is -0.798. The topological polar surface area (TPSA) is 161 Å². The molecule has 4 rings (SSSR count). The van der Waals surface area contributed by atoms with Gasteiger partial charge in [0.2, 0.25) is 11.8 Å². The summed E-state index contributed by atoms with van der Waals surface area (Å²) in [6.45, 7) is 2.04. The number of para-hydroxylation sites is 2. The van der Waals surface area contributed by atoms with E-state index in [9.17, 15) is 30.0 Å². The van der Waals surface area contributed by atoms with Crippen LogP contribution < -0.4 is 10.6 Å². The van der Waals surface area contributed by atoms with Gasteiger partial charge in [-0.2, -0.15) is 0 Å². The third-order valence-electron chi connectivity index (χ3n) is 5.70. The molecule has 0 saturated carbocycles. The number of hydrogen-bond acceptors (Lipinski definition) is 8. The summed E-state index contributed by atoms with van der Waals surface area (Å²) in [5.41, 5.74) is 1.59. The molecule has 1 unspecified atom stereocenters. The van der Waals surface area contributed by atoms with Crippen LogP contribution in [0.2, 0.25) is 0 Å². The van der Waals surface area contributed by atoms with E-state index >= 15 is 0 Å². The first-order valence-corrected chi connectivity index (χ1v) is 11.2. The van der Waals surface area contributed by atoms with Crippen LogP contribution >= 0.6 is 0 Å². The van der Waals surface area contributed by atoms with Gasteiger partial charge in [0.15, 0.2) is 29.0 Å². The first-order chi connectivity index (χ1) is 17.2. The van der Waals surface area contributed by atoms with Crippen LogP contribution in [0.1, 0.15) is 28.4 Å². The molecule has 1 aliphatic rings. The molecule has 1 heterocycles. The van der Waals surface area contributed by atoms with Crippen LogP contribution in [-0.4, -0.2) is 56.8 Å². The van der Waals surface area contributed by atoms with Crippen molar-refractivity contribution in [2.24, 2.45) is 4.99 Å². The van der Waals surface area contributed by atoms with E-state index < -0.39 is 23.8 Å². The fourth-order valence-electron chi connectivity index (χ4n) is 3.71. The fraction of sp³-hybridized carbons (Fsp3) is 0.192. The molecule has 2 atom stereocenters. The number of phenols is 4. The summed E-state index contributed by atoms with van der Waals surface area (Å²) in [6, 6.07) is 14.8. The molecule has 0 saturated heterocycles. The predicted octanol–water partition coefficient (Wildman–Crippen LogP) is 2.65. The van der Waals surface area contributed by atoms with Crippen LogP contribution in [0.4, 0.5) is 5.69 Å². The molecule has 0 aromatic heterocycles. The molecule has 3 aromatic carbocycles. The van der Waals surface area contributed by atoms with Crippen molar-refractivity contribution in [3.8, 4) is 23.0 Å². The van der Waals surface area contributed by atoms with Crippen LogP contribution in [0.15, 0.2) is 65.7 Å². The Balaban J connectivity index is 1.30. The molecule has 36 heavy (non-hydrogen) atoms. The summed E-state index contributed by atoms with van der Waals surface area (Å²) in [5.74, 6) is -2.32. The van der Waals surface area contributed by atoms with E-state index in [4.69, 9.17) is 4.74 Å². The molecule has 0 spiro atoms. The van der Waals surface area contributed by atoms with Gasteiger partial charge in [-0.05, 0) is 55.3 Å². The average molecular weight is 492 g/mol. The van der Waals surface area contributed by atoms with E-state index in [1.165, 1.54) is 24.3 Å². The molecule has 10 heteroatoms. The van der Waals surface area contributed by atoms with Crippen molar-refractivity contribution in [2.45, 2.75) is 25.5 Å². The zero-order chi connectivity index (χ0) is 25.8. The van der Waals surface area contributed by atoms with Gasteiger partial charge in [-0.3, -0.25) is 9.59 Å². The second kappa shape index (κ2) is 10.3. The van der Waals surface area contributed by atoms with Crippen molar-refractivity contribution in [1.82, 2.24) is 5.32 Å². The minimum absolute atomic E-state index is 0.0444. The SMILES string of the molecule is CC1OC(c2cccc(O)c2O)=N[C@@H]1C(=O)NCCc1ccc(NC(=O)c2cccc(O)c2O)cc1. The second-order valence-electron chi connectivity index (χ2n) is 8.24. The van der Waals surface area contributed by atoms with Crippen LogP contribution in [0.3, 0.4) is 0 Å². The Kier molecular flexibility index (Phi) is 6.95. The average Bonchev–Trinajstić information content (AvgIpc) is 3.25. The largest absolute Gasteiger partial charge is 0.504 e. The van der Waals surface area contributed by atoms with Crippen LogP contribution in [0, 0.1) is 0 Å². The number of carbonyl (C=O) groups excluding carboxylic acids is 2. The number of nitrogens with one attached hydrogen (secondary N) is 2. The summed E-state index contributed by atoms with van der Waals surface area (Å²) in [7, 11) is 0. The number of aromatic hydroxyl groups is 4. The van der Waals surface area contributed by atoms with Gasteiger partial charge in [0.05, 0.1) is 11.1 Å². The Morgan fingerprint density at radius 3 is 2.31 bits per heavy atom. The highest BCUT2D eigenvalue weighted by Gasteiger charge is 2.34. The second-order valence-corrected chi connectivity index (χ2v) is 8.24. The van der Waals surface area contributed by atoms with Crippen molar-refractivity contribution < 1.29 is 34.8 Å². The number of aliphatic imine (C=N–C) groups is 1. The van der Waals surface area contributed by atoms with Gasteiger partial charge >= 0.3 is 0 Å². The van der Waals surface area contributed by atoms with E-state index in [-0.39, 0.29) is 40.2 Å². The minimum Gasteiger partial charge on any atom is -0.504 e. The molecule has 0 fully saturated rings. The van der Waals surface area contributed by atoms with Crippen LogP contribution in [-0.2, 0) is 16.0 Å². The van der Waals surface area contributed by atoms with Crippen molar-refractivity contribution in [3.05, 3.63) is 77.4 Å². The smallest absolute Gasteiger partial charge is 0.259 e. The summed E-state index contributed by atoms with van der Waals surface area (Å²) in [6.07, 6.45) is -0.0188. The predicted molar refractivity (Wildman–Crippen MR) is 132 cm³/mol. The number of anilines is 1. The van der Waals surface area contributed by atoms with Gasteiger partial charge in [0.25, 0.3) is 5.91 Å². The molecule has 0 aliphatic carbocycles. The number of rotatable bonds is 7. The molecule has 6 N–H and O–H groups in total. The first-order valence-electron chi connectivity index (χ1n) is 11.2. The van der Waals surface area contributed by atoms with Gasteiger partial charge in [-0.15, -0.1) is 0 Å². The molecular weight excluding hydrogens is 466 g/mol. The summed E-state index contributed by atoms with van der Waals surface area (Å²) in [5, 5.41) is 44.6. The highest BCUT2D eigenvalue weighted by molar-refractivity contribution is 6.06. The quantitative estimate of drug-likeness (QED) is 0.277. The molecule has 186 valence electrons. The van der Waals surface area contributed by atoms with Gasteiger partial charge in [-0.25, -0.2) is 4.99 Å². The van der Waals surface area contributed by atoms with E-state index in [0.717, 1.165) is 5.56 Å². The standard InChI is InChI=1S/C26H25N3O7/c1-14-21(29-26(36-14)18-5-3-7-20(31)23(18)33)25(35)27-13-12-15-8-10-16(11-9-15)28-24(34)17-4-2-6-19(30)22(17)32/h2-11,14,21,30-33H,12-13H2,1H3,(H,27,35)(H,28,34)/t14?,21-/m0/s1. The van der Waals surface area contributed by atoms with E-state index in [1.54, 1.807) is 43.3 Å². The number of carbonyl (C=O) groups is 2. The van der Waals surface area contributed by atoms with Crippen molar-refractivity contribution in [3.63, 3.8) is 0 Å². The number of hydrogen-bond donors (Lipinski definition) is 6. The molecule has 10 nitrogen and oxygen atoms in total. The maximum Gasteiger partial charge on any atom is 0.259 e. The molecule has 2 amide bonds. The van der Waals surface area contributed by atoms with E-state index in [0.29, 0.717) is 18.7 Å². The number of benzene rings is 3.